The van der Waals surface area contributed by atoms with E-state index in [1.54, 1.807) is 48.5 Å². The van der Waals surface area contributed by atoms with Gasteiger partial charge < -0.3 is 20.5 Å². The summed E-state index contributed by atoms with van der Waals surface area (Å²) in [5.74, 6) is -0.0538. The van der Waals surface area contributed by atoms with Gasteiger partial charge in [0.05, 0.1) is 7.11 Å². The molecule has 0 saturated carbocycles. The van der Waals surface area contributed by atoms with Crippen LogP contribution in [-0.2, 0) is 9.59 Å². The molecule has 0 aliphatic carbocycles. The average Bonchev–Trinajstić information content (AvgIpc) is 2.65. The number of rotatable bonds is 7. The standard InChI is InChI=1S/C19H17N3O4/c1-25-17-4-2-3-15(10-17)22-19(24)14(11-20)9-13-5-7-16(8-6-13)26-12-18(21)23/h2-10H,12H2,1H3,(H2,21,23)(H,22,24)/b14-9+. The maximum absolute atomic E-state index is 12.3. The molecule has 0 spiro atoms. The van der Waals surface area contributed by atoms with Crippen LogP contribution in [0.25, 0.3) is 6.08 Å². The number of anilines is 1. The van der Waals surface area contributed by atoms with E-state index in [2.05, 4.69) is 5.32 Å². The molecule has 26 heavy (non-hydrogen) atoms. The van der Waals surface area contributed by atoms with Gasteiger partial charge in [-0.05, 0) is 35.9 Å². The Morgan fingerprint density at radius 1 is 1.19 bits per heavy atom. The topological polar surface area (TPSA) is 114 Å². The van der Waals surface area contributed by atoms with Crippen LogP contribution in [0.4, 0.5) is 5.69 Å². The number of ether oxygens (including phenoxy) is 2. The van der Waals surface area contributed by atoms with Crippen molar-refractivity contribution in [3.8, 4) is 17.6 Å². The fourth-order valence-corrected chi connectivity index (χ4v) is 2.03. The van der Waals surface area contributed by atoms with Gasteiger partial charge in [0.1, 0.15) is 23.1 Å². The SMILES string of the molecule is COc1cccc(NC(=O)/C(C#N)=C/c2ccc(OCC(N)=O)cc2)c1. The molecule has 2 amide bonds. The van der Waals surface area contributed by atoms with Gasteiger partial charge in [0.15, 0.2) is 6.61 Å². The fourth-order valence-electron chi connectivity index (χ4n) is 2.03. The lowest BCUT2D eigenvalue weighted by Crippen LogP contribution is -2.19. The van der Waals surface area contributed by atoms with E-state index in [1.165, 1.54) is 13.2 Å². The Kier molecular flexibility index (Phi) is 6.34. The summed E-state index contributed by atoms with van der Waals surface area (Å²) in [5, 5.41) is 11.9. The minimum atomic E-state index is -0.574. The monoisotopic (exact) mass is 351 g/mol. The maximum atomic E-state index is 12.3. The predicted octanol–water partition coefficient (Wildman–Crippen LogP) is 2.10. The lowest BCUT2D eigenvalue weighted by molar-refractivity contribution is -0.120. The van der Waals surface area contributed by atoms with E-state index in [0.29, 0.717) is 22.7 Å². The molecule has 7 nitrogen and oxygen atoms in total. The van der Waals surface area contributed by atoms with E-state index in [1.807, 2.05) is 6.07 Å². The molecule has 0 saturated heterocycles. The lowest BCUT2D eigenvalue weighted by Gasteiger charge is -2.07. The van der Waals surface area contributed by atoms with Crippen LogP contribution in [0, 0.1) is 11.3 Å². The van der Waals surface area contributed by atoms with Crippen LogP contribution in [-0.4, -0.2) is 25.5 Å². The molecule has 2 rings (SSSR count). The van der Waals surface area contributed by atoms with Gasteiger partial charge in [-0.25, -0.2) is 0 Å². The van der Waals surface area contributed by atoms with E-state index in [4.69, 9.17) is 15.2 Å². The Bertz CT molecular complexity index is 867. The number of primary amides is 1. The molecule has 0 fully saturated rings. The van der Waals surface area contributed by atoms with Crippen molar-refractivity contribution >= 4 is 23.6 Å². The second-order valence-electron chi connectivity index (χ2n) is 5.18. The number of carbonyl (C=O) groups is 2. The van der Waals surface area contributed by atoms with Gasteiger partial charge in [0, 0.05) is 11.8 Å². The molecule has 7 heteroatoms. The van der Waals surface area contributed by atoms with Gasteiger partial charge in [-0.2, -0.15) is 5.26 Å². The van der Waals surface area contributed by atoms with Crippen LogP contribution in [0.5, 0.6) is 11.5 Å². The number of benzene rings is 2. The first-order valence-electron chi connectivity index (χ1n) is 7.60. The zero-order valence-corrected chi connectivity index (χ0v) is 14.1. The summed E-state index contributed by atoms with van der Waals surface area (Å²) >= 11 is 0. The van der Waals surface area contributed by atoms with Crippen LogP contribution in [0.15, 0.2) is 54.1 Å². The molecule has 0 bridgehead atoms. The van der Waals surface area contributed by atoms with Crippen molar-refractivity contribution in [1.82, 2.24) is 0 Å². The number of methoxy groups -OCH3 is 1. The van der Waals surface area contributed by atoms with Crippen molar-refractivity contribution < 1.29 is 19.1 Å². The van der Waals surface area contributed by atoms with E-state index >= 15 is 0 Å². The van der Waals surface area contributed by atoms with Crippen molar-refractivity contribution in [2.24, 2.45) is 5.73 Å². The number of amides is 2. The van der Waals surface area contributed by atoms with Gasteiger partial charge in [-0.15, -0.1) is 0 Å². The molecule has 0 aliphatic heterocycles. The molecule has 0 radical (unpaired) electrons. The van der Waals surface area contributed by atoms with Crippen LogP contribution < -0.4 is 20.5 Å². The highest BCUT2D eigenvalue weighted by molar-refractivity contribution is 6.09. The molecule has 2 aromatic rings. The second-order valence-corrected chi connectivity index (χ2v) is 5.18. The van der Waals surface area contributed by atoms with Gasteiger partial charge in [-0.3, -0.25) is 9.59 Å². The third kappa shape index (κ3) is 5.39. The average molecular weight is 351 g/mol. The highest BCUT2D eigenvalue weighted by Crippen LogP contribution is 2.18. The third-order valence-corrected chi connectivity index (χ3v) is 3.26. The lowest BCUT2D eigenvalue weighted by atomic mass is 10.1. The summed E-state index contributed by atoms with van der Waals surface area (Å²) in [7, 11) is 1.53. The Labute approximate surface area is 150 Å². The van der Waals surface area contributed by atoms with Gasteiger partial charge in [-0.1, -0.05) is 18.2 Å². The van der Waals surface area contributed by atoms with Crippen LogP contribution in [0.3, 0.4) is 0 Å². The number of nitrogens with zero attached hydrogens (tertiary/aromatic N) is 1. The molecule has 0 atom stereocenters. The Morgan fingerprint density at radius 2 is 1.92 bits per heavy atom. The molecule has 0 aromatic heterocycles. The summed E-state index contributed by atoms with van der Waals surface area (Å²) < 4.78 is 10.2. The fraction of sp³-hybridized carbons (Fsp3) is 0.105. The highest BCUT2D eigenvalue weighted by atomic mass is 16.5. The largest absolute Gasteiger partial charge is 0.497 e. The first kappa shape index (κ1) is 18.5. The number of nitrogens with two attached hydrogens (primary N) is 1. The molecule has 132 valence electrons. The zero-order valence-electron chi connectivity index (χ0n) is 14.1. The number of hydrogen-bond donors (Lipinski definition) is 2. The molecule has 0 aliphatic rings. The molecular weight excluding hydrogens is 334 g/mol. The highest BCUT2D eigenvalue weighted by Gasteiger charge is 2.10. The minimum Gasteiger partial charge on any atom is -0.497 e. The first-order valence-corrected chi connectivity index (χ1v) is 7.60. The Balaban J connectivity index is 2.09. The van der Waals surface area contributed by atoms with E-state index in [9.17, 15) is 14.9 Å². The quantitative estimate of drug-likeness (QED) is 0.586. The van der Waals surface area contributed by atoms with E-state index < -0.39 is 11.8 Å². The third-order valence-electron chi connectivity index (χ3n) is 3.26. The van der Waals surface area contributed by atoms with Crippen molar-refractivity contribution in [3.63, 3.8) is 0 Å². The predicted molar refractivity (Wildman–Crippen MR) is 96.3 cm³/mol. The van der Waals surface area contributed by atoms with Crippen molar-refractivity contribution in [2.75, 3.05) is 19.0 Å². The summed E-state index contributed by atoms with van der Waals surface area (Å²) in [6.07, 6.45) is 1.45. The molecule has 0 heterocycles. The van der Waals surface area contributed by atoms with Crippen LogP contribution in [0.2, 0.25) is 0 Å². The molecular formula is C19H17N3O4. The maximum Gasteiger partial charge on any atom is 0.266 e. The second kappa shape index (κ2) is 8.89. The molecule has 3 N–H and O–H groups in total. The van der Waals surface area contributed by atoms with Gasteiger partial charge in [0.2, 0.25) is 0 Å². The smallest absolute Gasteiger partial charge is 0.266 e. The van der Waals surface area contributed by atoms with E-state index in [0.717, 1.165) is 0 Å². The number of nitrogens with one attached hydrogen (secondary N) is 1. The van der Waals surface area contributed by atoms with Crippen molar-refractivity contribution in [2.45, 2.75) is 0 Å². The number of nitriles is 1. The summed E-state index contributed by atoms with van der Waals surface area (Å²) in [4.78, 5) is 23.0. The Hall–Kier alpha value is -3.79. The summed E-state index contributed by atoms with van der Waals surface area (Å²) in [6, 6.07) is 15.3. The molecule has 0 unspecified atom stereocenters. The minimum absolute atomic E-state index is 0.0568. The van der Waals surface area contributed by atoms with Gasteiger partial charge in [0.25, 0.3) is 11.8 Å². The summed E-state index contributed by atoms with van der Waals surface area (Å²) in [6.45, 7) is -0.221. The van der Waals surface area contributed by atoms with E-state index in [-0.39, 0.29) is 12.2 Å². The van der Waals surface area contributed by atoms with Crippen LogP contribution in [0.1, 0.15) is 5.56 Å². The Morgan fingerprint density at radius 3 is 2.54 bits per heavy atom. The van der Waals surface area contributed by atoms with Crippen molar-refractivity contribution in [1.29, 1.82) is 5.26 Å². The first-order chi connectivity index (χ1) is 12.5. The number of carbonyl (C=O) groups excluding carboxylic acids is 2. The number of hydrogen-bond acceptors (Lipinski definition) is 5. The normalized spacial score (nSPS) is 10.5. The zero-order chi connectivity index (χ0) is 18.9. The van der Waals surface area contributed by atoms with Crippen molar-refractivity contribution in [3.05, 3.63) is 59.7 Å². The van der Waals surface area contributed by atoms with Crippen LogP contribution >= 0.6 is 0 Å². The molecule has 2 aromatic carbocycles. The van der Waals surface area contributed by atoms with Gasteiger partial charge >= 0.3 is 0 Å². The summed E-state index contributed by atoms with van der Waals surface area (Å²) in [5.41, 5.74) is 6.10.